The number of carbonyl (C=O) groups excluding carboxylic acids is 1. The maximum absolute atomic E-state index is 13.5. The largest absolute Gasteiger partial charge is 0.490 e. The maximum atomic E-state index is 13.5. The number of aromatic amines is 1. The predicted octanol–water partition coefficient (Wildman–Crippen LogP) is 15.1. The van der Waals surface area contributed by atoms with E-state index in [1.54, 1.807) is 6.20 Å². The van der Waals surface area contributed by atoms with Gasteiger partial charge in [-0.15, -0.1) is 0 Å². The van der Waals surface area contributed by atoms with Crippen LogP contribution in [0.3, 0.4) is 0 Å². The number of aromatic nitrogens is 1. The summed E-state index contributed by atoms with van der Waals surface area (Å²) in [7, 11) is 0. The second-order valence-corrected chi connectivity index (χ2v) is 15.3. The van der Waals surface area contributed by atoms with Crippen molar-refractivity contribution in [1.29, 1.82) is 0 Å². The average molecular weight is 724 g/mol. The summed E-state index contributed by atoms with van der Waals surface area (Å²) in [6, 6.07) is 7.44. The summed E-state index contributed by atoms with van der Waals surface area (Å²) in [6.07, 6.45) is 40.3. The van der Waals surface area contributed by atoms with Crippen molar-refractivity contribution in [3.63, 3.8) is 0 Å². The van der Waals surface area contributed by atoms with Gasteiger partial charge in [-0.2, -0.15) is 0 Å². The van der Waals surface area contributed by atoms with Crippen LogP contribution >= 0.6 is 0 Å². The second-order valence-electron chi connectivity index (χ2n) is 15.3. The van der Waals surface area contributed by atoms with E-state index >= 15 is 0 Å². The summed E-state index contributed by atoms with van der Waals surface area (Å²) in [4.78, 5) is 16.6. The smallest absolute Gasteiger partial charge is 0.209 e. The van der Waals surface area contributed by atoms with Crippen molar-refractivity contribution in [3.8, 4) is 17.2 Å². The van der Waals surface area contributed by atoms with E-state index in [4.69, 9.17) is 14.2 Å². The molecule has 5 nitrogen and oxygen atoms in total. The number of unbranched alkanes of at least 4 members (excludes halogenated alkanes) is 27. The maximum Gasteiger partial charge on any atom is 0.209 e. The third kappa shape index (κ3) is 22.6. The highest BCUT2D eigenvalue weighted by molar-refractivity contribution is 6.08. The van der Waals surface area contributed by atoms with Gasteiger partial charge in [0, 0.05) is 11.8 Å². The molecular formula is C47H81NO4. The predicted molar refractivity (Wildman–Crippen MR) is 223 cm³/mol. The van der Waals surface area contributed by atoms with Crippen molar-refractivity contribution in [2.75, 3.05) is 19.8 Å². The van der Waals surface area contributed by atoms with E-state index in [0.717, 1.165) is 32.1 Å². The molecule has 0 bridgehead atoms. The lowest BCUT2D eigenvalue weighted by atomic mass is 10.1. The van der Waals surface area contributed by atoms with Crippen LogP contribution in [0.1, 0.15) is 229 Å². The molecule has 0 aliphatic rings. The Balaban J connectivity index is 1.98. The van der Waals surface area contributed by atoms with Crippen LogP contribution in [0, 0.1) is 0 Å². The number of hydrogen-bond acceptors (Lipinski definition) is 4. The van der Waals surface area contributed by atoms with Crippen molar-refractivity contribution in [1.82, 2.24) is 4.98 Å². The second kappa shape index (κ2) is 33.2. The molecule has 0 aliphatic carbocycles. The van der Waals surface area contributed by atoms with E-state index in [-0.39, 0.29) is 5.78 Å². The zero-order valence-corrected chi connectivity index (χ0v) is 34.4. The van der Waals surface area contributed by atoms with Gasteiger partial charge < -0.3 is 19.2 Å². The lowest BCUT2D eigenvalue weighted by molar-refractivity contribution is 0.103. The molecule has 2 aromatic rings. The van der Waals surface area contributed by atoms with Crippen molar-refractivity contribution in [2.45, 2.75) is 213 Å². The number of ketones is 1. The Kier molecular flexibility index (Phi) is 29.2. The molecule has 298 valence electrons. The van der Waals surface area contributed by atoms with Crippen molar-refractivity contribution < 1.29 is 19.0 Å². The zero-order valence-electron chi connectivity index (χ0n) is 34.4. The van der Waals surface area contributed by atoms with Crippen molar-refractivity contribution >= 4 is 5.78 Å². The molecule has 1 aromatic heterocycles. The molecule has 0 aliphatic heterocycles. The average Bonchev–Trinajstić information content (AvgIpc) is 3.70. The van der Waals surface area contributed by atoms with Crippen LogP contribution in [0.25, 0.3) is 0 Å². The zero-order chi connectivity index (χ0) is 37.2. The quantitative estimate of drug-likeness (QED) is 0.0553. The molecule has 52 heavy (non-hydrogen) atoms. The van der Waals surface area contributed by atoms with E-state index in [0.29, 0.717) is 48.3 Å². The van der Waals surface area contributed by atoms with Gasteiger partial charge in [0.15, 0.2) is 11.5 Å². The molecule has 5 heteroatoms. The van der Waals surface area contributed by atoms with Gasteiger partial charge in [-0.25, -0.2) is 0 Å². The summed E-state index contributed by atoms with van der Waals surface area (Å²) in [5.74, 6) is 1.88. The first-order valence-electron chi connectivity index (χ1n) is 22.5. The van der Waals surface area contributed by atoms with Crippen LogP contribution in [-0.2, 0) is 0 Å². The number of nitrogens with one attached hydrogen (secondary N) is 1. The van der Waals surface area contributed by atoms with E-state index in [1.807, 2.05) is 24.3 Å². The van der Waals surface area contributed by atoms with Gasteiger partial charge in [0.2, 0.25) is 11.5 Å². The van der Waals surface area contributed by atoms with E-state index in [1.165, 1.54) is 161 Å². The number of ether oxygens (including phenoxy) is 3. The summed E-state index contributed by atoms with van der Waals surface area (Å²) >= 11 is 0. The third-order valence-corrected chi connectivity index (χ3v) is 10.4. The minimum absolute atomic E-state index is 0.0567. The number of H-pyrrole nitrogens is 1. The van der Waals surface area contributed by atoms with E-state index in [2.05, 4.69) is 25.8 Å². The van der Waals surface area contributed by atoms with Gasteiger partial charge in [0.25, 0.3) is 0 Å². The Bertz CT molecular complexity index is 1030. The molecular weight excluding hydrogens is 643 g/mol. The summed E-state index contributed by atoms with van der Waals surface area (Å²) in [5, 5.41) is 0. The third-order valence-electron chi connectivity index (χ3n) is 10.4. The topological polar surface area (TPSA) is 60.6 Å². The minimum Gasteiger partial charge on any atom is -0.490 e. The Labute approximate surface area is 321 Å². The summed E-state index contributed by atoms with van der Waals surface area (Å²) in [5.41, 5.74) is 1.14. The number of hydrogen-bond donors (Lipinski definition) is 1. The van der Waals surface area contributed by atoms with Gasteiger partial charge in [-0.1, -0.05) is 194 Å². The molecule has 0 fully saturated rings. The molecule has 0 unspecified atom stereocenters. The molecule has 1 N–H and O–H groups in total. The monoisotopic (exact) mass is 724 g/mol. The van der Waals surface area contributed by atoms with Gasteiger partial charge in [0.05, 0.1) is 25.5 Å². The molecule has 0 saturated heterocycles. The SMILES string of the molecule is CCCCCCCCCCCCOc1cc(C(=O)c2ccc[nH]2)cc(OCCCCCCCCCCCC)c1OCCCCCCCCCCCC. The summed E-state index contributed by atoms with van der Waals surface area (Å²) in [6.45, 7) is 8.69. The standard InChI is InChI=1S/C47H81NO4/c1-4-7-10-13-16-19-22-25-28-31-37-50-44-40-42(46(49)43-35-34-36-48-43)41-45(51-38-32-29-26-23-20-17-14-11-8-5-2)47(44)52-39-33-30-27-24-21-18-15-12-9-6-3/h34-36,40-41,48H,4-33,37-39H2,1-3H3. The fourth-order valence-electron chi connectivity index (χ4n) is 7.00. The van der Waals surface area contributed by atoms with Crippen LogP contribution in [-0.4, -0.2) is 30.6 Å². The fourth-order valence-corrected chi connectivity index (χ4v) is 7.00. The molecule has 0 atom stereocenters. The van der Waals surface area contributed by atoms with E-state index < -0.39 is 0 Å². The Morgan fingerprint density at radius 2 is 0.788 bits per heavy atom. The van der Waals surface area contributed by atoms with Gasteiger partial charge in [0.1, 0.15) is 0 Å². The summed E-state index contributed by atoms with van der Waals surface area (Å²) < 4.78 is 19.4. The molecule has 0 radical (unpaired) electrons. The Hall–Kier alpha value is -2.43. The molecule has 1 aromatic carbocycles. The molecule has 1 heterocycles. The minimum atomic E-state index is -0.0567. The van der Waals surface area contributed by atoms with Crippen molar-refractivity contribution in [3.05, 3.63) is 41.7 Å². The van der Waals surface area contributed by atoms with Gasteiger partial charge >= 0.3 is 0 Å². The number of carbonyl (C=O) groups is 1. The highest BCUT2D eigenvalue weighted by atomic mass is 16.5. The van der Waals surface area contributed by atoms with Crippen molar-refractivity contribution in [2.24, 2.45) is 0 Å². The molecule has 0 saturated carbocycles. The van der Waals surface area contributed by atoms with E-state index in [9.17, 15) is 4.79 Å². The lowest BCUT2D eigenvalue weighted by Gasteiger charge is -2.19. The number of benzene rings is 1. The Morgan fingerprint density at radius 1 is 0.462 bits per heavy atom. The molecule has 0 spiro atoms. The molecule has 2 rings (SSSR count). The van der Waals surface area contributed by atoms with Crippen LogP contribution in [0.4, 0.5) is 0 Å². The fraction of sp³-hybridized carbons (Fsp3) is 0.766. The Morgan fingerprint density at radius 3 is 1.12 bits per heavy atom. The van der Waals surface area contributed by atoms with Gasteiger partial charge in [-0.05, 0) is 43.5 Å². The first-order chi connectivity index (χ1) is 25.7. The lowest BCUT2D eigenvalue weighted by Crippen LogP contribution is -2.09. The number of rotatable bonds is 38. The highest BCUT2D eigenvalue weighted by Gasteiger charge is 2.20. The van der Waals surface area contributed by atoms with Crippen LogP contribution in [0.5, 0.6) is 17.2 Å². The highest BCUT2D eigenvalue weighted by Crippen LogP contribution is 2.40. The van der Waals surface area contributed by atoms with Crippen LogP contribution in [0.2, 0.25) is 0 Å². The first kappa shape index (κ1) is 45.7. The van der Waals surface area contributed by atoms with Crippen LogP contribution < -0.4 is 14.2 Å². The van der Waals surface area contributed by atoms with Crippen LogP contribution in [0.15, 0.2) is 30.5 Å². The molecule has 0 amide bonds. The normalized spacial score (nSPS) is 11.3. The van der Waals surface area contributed by atoms with Gasteiger partial charge in [-0.3, -0.25) is 4.79 Å². The first-order valence-corrected chi connectivity index (χ1v) is 22.5.